The van der Waals surface area contributed by atoms with E-state index < -0.39 is 5.41 Å². The van der Waals surface area contributed by atoms with Crippen LogP contribution in [0, 0.1) is 5.41 Å². The van der Waals surface area contributed by atoms with Crippen molar-refractivity contribution in [3.05, 3.63) is 54.4 Å². The Balaban J connectivity index is 1.97. The van der Waals surface area contributed by atoms with Gasteiger partial charge in [0.05, 0.1) is 5.41 Å². The molecule has 6 heteroatoms. The smallest absolute Gasteiger partial charge is 0.248 e. The molecule has 1 aromatic heterocycles. The predicted molar refractivity (Wildman–Crippen MR) is 117 cm³/mol. The first-order valence-corrected chi connectivity index (χ1v) is 10.5. The largest absolute Gasteiger partial charge is 0.375 e. The predicted octanol–water partition coefficient (Wildman–Crippen LogP) is 3.07. The molecule has 0 saturated carbocycles. The molecule has 1 fully saturated rings. The molecule has 1 atom stereocenters. The van der Waals surface area contributed by atoms with Crippen LogP contribution in [0.3, 0.4) is 0 Å². The zero-order valence-electron chi connectivity index (χ0n) is 18.1. The number of nitrogens with zero attached hydrogens (tertiary/aromatic N) is 2. The topological polar surface area (TPSA) is 71.5 Å². The van der Waals surface area contributed by atoms with Crippen LogP contribution in [0.1, 0.15) is 32.3 Å². The molecule has 2 heterocycles. The van der Waals surface area contributed by atoms with Gasteiger partial charge in [-0.25, -0.2) is 0 Å². The average Bonchev–Trinajstić information content (AvgIpc) is 2.74. The summed E-state index contributed by atoms with van der Waals surface area (Å²) in [4.78, 5) is 32.0. The second kappa shape index (κ2) is 9.85. The normalized spacial score (nSPS) is 19.0. The van der Waals surface area contributed by atoms with E-state index in [1.54, 1.807) is 11.1 Å². The Morgan fingerprint density at radius 3 is 2.73 bits per heavy atom. The van der Waals surface area contributed by atoms with E-state index in [2.05, 4.69) is 22.4 Å². The standard InChI is InChI=1S/C24H31N3O3/c1-18(2)26-23(29)24(11-7-13-27(17-24)22(28)16-30-3)14-19-8-4-5-10-21(19)20-9-6-12-25-15-20/h4-6,8-10,12,15,18H,7,11,13-14,16-17H2,1-3H3,(H,26,29)/t24-/m1/s1. The fourth-order valence-corrected chi connectivity index (χ4v) is 4.23. The summed E-state index contributed by atoms with van der Waals surface area (Å²) < 4.78 is 5.05. The molecule has 1 aromatic carbocycles. The minimum atomic E-state index is -0.676. The van der Waals surface area contributed by atoms with E-state index in [0.29, 0.717) is 19.5 Å². The number of aromatic nitrogens is 1. The number of hydrogen-bond acceptors (Lipinski definition) is 4. The summed E-state index contributed by atoms with van der Waals surface area (Å²) in [5.41, 5.74) is 2.51. The zero-order chi connectivity index (χ0) is 21.6. The maximum absolute atomic E-state index is 13.4. The Morgan fingerprint density at radius 1 is 1.23 bits per heavy atom. The molecule has 2 aromatic rings. The number of nitrogens with one attached hydrogen (secondary N) is 1. The first-order chi connectivity index (χ1) is 14.4. The fourth-order valence-electron chi connectivity index (χ4n) is 4.23. The van der Waals surface area contributed by atoms with Crippen molar-refractivity contribution in [3.8, 4) is 11.1 Å². The van der Waals surface area contributed by atoms with Crippen molar-refractivity contribution < 1.29 is 14.3 Å². The van der Waals surface area contributed by atoms with E-state index >= 15 is 0 Å². The van der Waals surface area contributed by atoms with Crippen LogP contribution >= 0.6 is 0 Å². The highest BCUT2D eigenvalue weighted by Crippen LogP contribution is 2.37. The van der Waals surface area contributed by atoms with Crippen LogP contribution in [0.5, 0.6) is 0 Å². The van der Waals surface area contributed by atoms with Crippen LogP contribution in [0.4, 0.5) is 0 Å². The summed E-state index contributed by atoms with van der Waals surface area (Å²) in [5.74, 6) is -0.0622. The van der Waals surface area contributed by atoms with Gasteiger partial charge in [-0.3, -0.25) is 14.6 Å². The lowest BCUT2D eigenvalue weighted by atomic mass is 9.73. The molecule has 2 amide bonds. The number of amides is 2. The van der Waals surface area contributed by atoms with E-state index in [0.717, 1.165) is 29.5 Å². The lowest BCUT2D eigenvalue weighted by Crippen LogP contribution is -2.56. The molecule has 6 nitrogen and oxygen atoms in total. The summed E-state index contributed by atoms with van der Waals surface area (Å²) in [5, 5.41) is 3.10. The minimum Gasteiger partial charge on any atom is -0.375 e. The monoisotopic (exact) mass is 409 g/mol. The number of benzene rings is 1. The third-order valence-corrected chi connectivity index (χ3v) is 5.62. The lowest BCUT2D eigenvalue weighted by molar-refractivity contribution is -0.144. The number of pyridine rings is 1. The van der Waals surface area contributed by atoms with E-state index in [-0.39, 0.29) is 24.5 Å². The van der Waals surface area contributed by atoms with Crippen molar-refractivity contribution in [3.63, 3.8) is 0 Å². The molecule has 3 rings (SSSR count). The first-order valence-electron chi connectivity index (χ1n) is 10.5. The number of rotatable bonds is 7. The van der Waals surface area contributed by atoms with Crippen molar-refractivity contribution in [2.45, 2.75) is 39.2 Å². The lowest BCUT2D eigenvalue weighted by Gasteiger charge is -2.42. The molecule has 1 N–H and O–H groups in total. The Bertz CT molecular complexity index is 869. The average molecular weight is 410 g/mol. The van der Waals surface area contributed by atoms with Gasteiger partial charge in [0.25, 0.3) is 0 Å². The molecular formula is C24H31N3O3. The zero-order valence-corrected chi connectivity index (χ0v) is 18.1. The Hall–Kier alpha value is -2.73. The second-order valence-corrected chi connectivity index (χ2v) is 8.34. The summed E-state index contributed by atoms with van der Waals surface area (Å²) in [6.45, 7) is 5.02. The summed E-state index contributed by atoms with van der Waals surface area (Å²) in [6.07, 6.45) is 5.69. The molecule has 160 valence electrons. The number of methoxy groups -OCH3 is 1. The number of carbonyl (C=O) groups is 2. The van der Waals surface area contributed by atoms with Crippen LogP contribution in [-0.4, -0.2) is 54.5 Å². The third kappa shape index (κ3) is 5.05. The van der Waals surface area contributed by atoms with Crippen molar-refractivity contribution in [2.24, 2.45) is 5.41 Å². The molecule has 1 aliphatic heterocycles. The van der Waals surface area contributed by atoms with Gasteiger partial charge in [-0.2, -0.15) is 0 Å². The van der Waals surface area contributed by atoms with Gasteiger partial charge in [0.1, 0.15) is 6.61 Å². The molecule has 0 radical (unpaired) electrons. The van der Waals surface area contributed by atoms with Crippen molar-refractivity contribution in [1.29, 1.82) is 0 Å². The SMILES string of the molecule is COCC(=O)N1CCC[C@](Cc2ccccc2-c2cccnc2)(C(=O)NC(C)C)C1. The molecule has 0 bridgehead atoms. The highest BCUT2D eigenvalue weighted by Gasteiger charge is 2.44. The summed E-state index contributed by atoms with van der Waals surface area (Å²) in [6, 6.07) is 12.1. The summed E-state index contributed by atoms with van der Waals surface area (Å²) in [7, 11) is 1.52. The second-order valence-electron chi connectivity index (χ2n) is 8.34. The molecule has 0 spiro atoms. The highest BCUT2D eigenvalue weighted by molar-refractivity contribution is 5.86. The van der Waals surface area contributed by atoms with Gasteiger partial charge < -0.3 is 15.0 Å². The van der Waals surface area contributed by atoms with Crippen LogP contribution in [0.2, 0.25) is 0 Å². The van der Waals surface area contributed by atoms with Gasteiger partial charge in [0, 0.05) is 44.2 Å². The van der Waals surface area contributed by atoms with Gasteiger partial charge in [-0.05, 0) is 50.3 Å². The number of carbonyl (C=O) groups excluding carboxylic acids is 2. The fraction of sp³-hybridized carbons (Fsp3) is 0.458. The third-order valence-electron chi connectivity index (χ3n) is 5.62. The maximum Gasteiger partial charge on any atom is 0.248 e. The van der Waals surface area contributed by atoms with Crippen LogP contribution in [0.15, 0.2) is 48.8 Å². The number of ether oxygens (including phenoxy) is 1. The molecule has 30 heavy (non-hydrogen) atoms. The van der Waals surface area contributed by atoms with Gasteiger partial charge in [0.2, 0.25) is 11.8 Å². The van der Waals surface area contributed by atoms with Crippen molar-refractivity contribution >= 4 is 11.8 Å². The number of hydrogen-bond donors (Lipinski definition) is 1. The quantitative estimate of drug-likeness (QED) is 0.763. The van der Waals surface area contributed by atoms with Crippen LogP contribution in [0.25, 0.3) is 11.1 Å². The summed E-state index contributed by atoms with van der Waals surface area (Å²) >= 11 is 0. The minimum absolute atomic E-state index is 0.00778. The van der Waals surface area contributed by atoms with Gasteiger partial charge in [-0.1, -0.05) is 30.3 Å². The molecular weight excluding hydrogens is 378 g/mol. The Kier molecular flexibility index (Phi) is 7.21. The number of likely N-dealkylation sites (tertiary alicyclic amines) is 1. The van der Waals surface area contributed by atoms with E-state index in [1.165, 1.54) is 7.11 Å². The van der Waals surface area contributed by atoms with E-state index in [9.17, 15) is 9.59 Å². The Labute approximate surface area is 178 Å². The maximum atomic E-state index is 13.4. The Morgan fingerprint density at radius 2 is 2.03 bits per heavy atom. The number of piperidine rings is 1. The highest BCUT2D eigenvalue weighted by atomic mass is 16.5. The molecule has 1 saturated heterocycles. The molecule has 0 aliphatic carbocycles. The molecule has 1 aliphatic rings. The van der Waals surface area contributed by atoms with Crippen LogP contribution in [-0.2, 0) is 20.7 Å². The van der Waals surface area contributed by atoms with Gasteiger partial charge >= 0.3 is 0 Å². The van der Waals surface area contributed by atoms with Crippen molar-refractivity contribution in [2.75, 3.05) is 26.8 Å². The van der Waals surface area contributed by atoms with E-state index in [1.807, 2.05) is 44.3 Å². The van der Waals surface area contributed by atoms with Gasteiger partial charge in [0.15, 0.2) is 0 Å². The van der Waals surface area contributed by atoms with E-state index in [4.69, 9.17) is 4.74 Å². The van der Waals surface area contributed by atoms with Crippen molar-refractivity contribution in [1.82, 2.24) is 15.2 Å². The first kappa shape index (κ1) is 22.0. The van der Waals surface area contributed by atoms with Gasteiger partial charge in [-0.15, -0.1) is 0 Å². The van der Waals surface area contributed by atoms with Crippen LogP contribution < -0.4 is 5.32 Å². The molecule has 0 unspecified atom stereocenters.